The zero-order valence-corrected chi connectivity index (χ0v) is 19.5. The Bertz CT molecular complexity index is 936. The highest BCUT2D eigenvalue weighted by Gasteiger charge is 2.40. The van der Waals surface area contributed by atoms with Gasteiger partial charge in [-0.25, -0.2) is 4.79 Å². The lowest BCUT2D eigenvalue weighted by Gasteiger charge is -2.31. The van der Waals surface area contributed by atoms with Crippen LogP contribution in [0.4, 0.5) is 4.79 Å². The van der Waals surface area contributed by atoms with Gasteiger partial charge in [-0.05, 0) is 55.1 Å². The number of carbonyl (C=O) groups is 4. The first kappa shape index (κ1) is 23.3. The van der Waals surface area contributed by atoms with Gasteiger partial charge >= 0.3 is 6.09 Å². The molecule has 178 valence electrons. The van der Waals surface area contributed by atoms with E-state index < -0.39 is 6.04 Å². The molecule has 0 spiro atoms. The normalized spacial score (nSPS) is 21.4. The second kappa shape index (κ2) is 9.93. The van der Waals surface area contributed by atoms with E-state index >= 15 is 0 Å². The molecule has 2 fully saturated rings. The summed E-state index contributed by atoms with van der Waals surface area (Å²) in [5.74, 6) is 0.0521. The average Bonchev–Trinajstić information content (AvgIpc) is 3.13. The summed E-state index contributed by atoms with van der Waals surface area (Å²) in [6.45, 7) is 6.31. The number of nitrogens with zero attached hydrogens (tertiary/aromatic N) is 2. The predicted molar refractivity (Wildman–Crippen MR) is 121 cm³/mol. The molecule has 1 aromatic rings. The summed E-state index contributed by atoms with van der Waals surface area (Å²) in [6.07, 6.45) is 4.02. The Morgan fingerprint density at radius 3 is 2.61 bits per heavy atom. The van der Waals surface area contributed by atoms with Crippen molar-refractivity contribution >= 4 is 23.8 Å². The standard InChI is InChI=1S/C25H33N3O5/c1-16(2)15-33-25(32)27-12-10-17(11-13-27)6-7-18-4-3-5-19-14-28(24(31)22(18)19)20-8-9-21(29)26-23(20)30/h3-5,16-17,20H,6-15H2,1-2H3,(H,26,29,30). The van der Waals surface area contributed by atoms with E-state index in [1.807, 2.05) is 32.0 Å². The summed E-state index contributed by atoms with van der Waals surface area (Å²) in [6, 6.07) is 5.34. The Morgan fingerprint density at radius 2 is 1.91 bits per heavy atom. The van der Waals surface area contributed by atoms with E-state index in [9.17, 15) is 19.2 Å². The number of hydrogen-bond acceptors (Lipinski definition) is 5. The summed E-state index contributed by atoms with van der Waals surface area (Å²) in [7, 11) is 0. The highest BCUT2D eigenvalue weighted by Crippen LogP contribution is 2.31. The molecule has 1 unspecified atom stereocenters. The van der Waals surface area contributed by atoms with Gasteiger partial charge in [-0.3, -0.25) is 19.7 Å². The maximum Gasteiger partial charge on any atom is 0.409 e. The number of carbonyl (C=O) groups excluding carboxylic acids is 4. The van der Waals surface area contributed by atoms with Gasteiger partial charge in [-0.15, -0.1) is 0 Å². The van der Waals surface area contributed by atoms with Gasteiger partial charge in [0.1, 0.15) is 6.04 Å². The lowest BCUT2D eigenvalue weighted by atomic mass is 9.89. The summed E-state index contributed by atoms with van der Waals surface area (Å²) in [4.78, 5) is 52.6. The van der Waals surface area contributed by atoms with Crippen molar-refractivity contribution in [3.8, 4) is 0 Å². The van der Waals surface area contributed by atoms with Crippen LogP contribution in [-0.4, -0.2) is 59.4 Å². The average molecular weight is 456 g/mol. The Balaban J connectivity index is 1.33. The first-order valence-electron chi connectivity index (χ1n) is 12.0. The van der Waals surface area contributed by atoms with Gasteiger partial charge in [0.2, 0.25) is 11.8 Å². The molecule has 4 amide bonds. The van der Waals surface area contributed by atoms with Crippen LogP contribution < -0.4 is 5.32 Å². The lowest BCUT2D eigenvalue weighted by Crippen LogP contribution is -2.52. The minimum atomic E-state index is -0.588. The van der Waals surface area contributed by atoms with Crippen molar-refractivity contribution in [3.05, 3.63) is 34.9 Å². The smallest absolute Gasteiger partial charge is 0.409 e. The summed E-state index contributed by atoms with van der Waals surface area (Å²) in [5, 5.41) is 2.35. The maximum atomic E-state index is 13.2. The molecule has 8 heteroatoms. The predicted octanol–water partition coefficient (Wildman–Crippen LogP) is 2.88. The Morgan fingerprint density at radius 1 is 1.15 bits per heavy atom. The van der Waals surface area contributed by atoms with E-state index in [4.69, 9.17) is 4.74 Å². The second-order valence-corrected chi connectivity index (χ2v) is 9.79. The fourth-order valence-electron chi connectivity index (χ4n) is 4.99. The van der Waals surface area contributed by atoms with Crippen LogP contribution in [-0.2, 0) is 27.3 Å². The molecule has 0 bridgehead atoms. The van der Waals surface area contributed by atoms with Crippen LogP contribution in [0.1, 0.15) is 67.4 Å². The molecule has 2 saturated heterocycles. The van der Waals surface area contributed by atoms with Crippen molar-refractivity contribution in [2.24, 2.45) is 11.8 Å². The van der Waals surface area contributed by atoms with E-state index in [2.05, 4.69) is 5.32 Å². The number of ether oxygens (including phenoxy) is 1. The third kappa shape index (κ3) is 5.20. The molecule has 8 nitrogen and oxygen atoms in total. The van der Waals surface area contributed by atoms with Crippen LogP contribution in [0.2, 0.25) is 0 Å². The van der Waals surface area contributed by atoms with Crippen LogP contribution in [0, 0.1) is 11.8 Å². The highest BCUT2D eigenvalue weighted by molar-refractivity contribution is 6.06. The monoisotopic (exact) mass is 455 g/mol. The van der Waals surface area contributed by atoms with Crippen LogP contribution in [0.15, 0.2) is 18.2 Å². The van der Waals surface area contributed by atoms with Gasteiger partial charge in [0.25, 0.3) is 5.91 Å². The maximum absolute atomic E-state index is 13.2. The summed E-state index contributed by atoms with van der Waals surface area (Å²) in [5.41, 5.74) is 2.69. The molecule has 33 heavy (non-hydrogen) atoms. The first-order chi connectivity index (χ1) is 15.8. The number of piperidine rings is 2. The molecule has 3 heterocycles. The quantitative estimate of drug-likeness (QED) is 0.666. The number of aryl methyl sites for hydroxylation is 1. The molecule has 4 rings (SSSR count). The SMILES string of the molecule is CC(C)COC(=O)N1CCC(CCc2cccc3c2C(=O)N(C2CCC(=O)NC2=O)C3)CC1. The van der Waals surface area contributed by atoms with Crippen molar-refractivity contribution in [1.29, 1.82) is 0 Å². The third-order valence-corrected chi connectivity index (χ3v) is 6.87. The number of fused-ring (bicyclic) bond motifs is 1. The van der Waals surface area contributed by atoms with Crippen molar-refractivity contribution in [3.63, 3.8) is 0 Å². The molecular formula is C25H33N3O5. The number of hydrogen-bond donors (Lipinski definition) is 1. The second-order valence-electron chi connectivity index (χ2n) is 9.79. The molecule has 1 atom stereocenters. The molecular weight excluding hydrogens is 422 g/mol. The molecule has 0 aromatic heterocycles. The molecule has 0 radical (unpaired) electrons. The number of nitrogens with one attached hydrogen (secondary N) is 1. The van der Waals surface area contributed by atoms with Gasteiger partial charge in [0.15, 0.2) is 0 Å². The van der Waals surface area contributed by atoms with Crippen LogP contribution in [0.25, 0.3) is 0 Å². The van der Waals surface area contributed by atoms with Gasteiger partial charge in [-0.1, -0.05) is 32.0 Å². The van der Waals surface area contributed by atoms with Crippen LogP contribution >= 0.6 is 0 Å². The molecule has 1 aromatic carbocycles. The van der Waals surface area contributed by atoms with Gasteiger partial charge < -0.3 is 14.5 Å². The molecule has 1 N–H and O–H groups in total. The van der Waals surface area contributed by atoms with E-state index in [1.165, 1.54) is 0 Å². The zero-order chi connectivity index (χ0) is 23.5. The summed E-state index contributed by atoms with van der Waals surface area (Å²) < 4.78 is 5.34. The first-order valence-corrected chi connectivity index (χ1v) is 12.0. The molecule has 0 saturated carbocycles. The lowest BCUT2D eigenvalue weighted by molar-refractivity contribution is -0.136. The minimum Gasteiger partial charge on any atom is -0.449 e. The van der Waals surface area contributed by atoms with Gasteiger partial charge in [0.05, 0.1) is 6.61 Å². The molecule has 3 aliphatic heterocycles. The zero-order valence-electron chi connectivity index (χ0n) is 19.5. The fraction of sp³-hybridized carbons (Fsp3) is 0.600. The van der Waals surface area contributed by atoms with E-state index in [1.54, 1.807) is 9.80 Å². The fourth-order valence-corrected chi connectivity index (χ4v) is 4.99. The van der Waals surface area contributed by atoms with Crippen molar-refractivity contribution in [2.75, 3.05) is 19.7 Å². The number of imide groups is 1. The van der Waals surface area contributed by atoms with Crippen molar-refractivity contribution < 1.29 is 23.9 Å². The van der Waals surface area contributed by atoms with E-state index in [0.29, 0.717) is 44.5 Å². The topological polar surface area (TPSA) is 96.0 Å². The van der Waals surface area contributed by atoms with Crippen LogP contribution in [0.5, 0.6) is 0 Å². The number of benzene rings is 1. The highest BCUT2D eigenvalue weighted by atomic mass is 16.6. The molecule has 0 aliphatic carbocycles. The number of amides is 4. The summed E-state index contributed by atoms with van der Waals surface area (Å²) >= 11 is 0. The van der Waals surface area contributed by atoms with Crippen LogP contribution in [0.3, 0.4) is 0 Å². The largest absolute Gasteiger partial charge is 0.449 e. The Hall–Kier alpha value is -2.90. The van der Waals surface area contributed by atoms with Gasteiger partial charge in [-0.2, -0.15) is 0 Å². The van der Waals surface area contributed by atoms with Crippen molar-refractivity contribution in [1.82, 2.24) is 15.1 Å². The van der Waals surface area contributed by atoms with Crippen molar-refractivity contribution in [2.45, 2.75) is 65.0 Å². The Kier molecular flexibility index (Phi) is 7.00. The van der Waals surface area contributed by atoms with E-state index in [-0.39, 0.29) is 30.2 Å². The number of likely N-dealkylation sites (tertiary alicyclic amines) is 1. The number of rotatable bonds is 6. The molecule has 3 aliphatic rings. The minimum absolute atomic E-state index is 0.113. The third-order valence-electron chi connectivity index (χ3n) is 6.87. The van der Waals surface area contributed by atoms with Gasteiger partial charge in [0, 0.05) is 31.6 Å². The van der Waals surface area contributed by atoms with E-state index in [0.717, 1.165) is 42.4 Å². The Labute approximate surface area is 194 Å².